The third-order valence-electron chi connectivity index (χ3n) is 4.21. The molecular formula is C17H18F2N4O4. The molecule has 0 saturated carbocycles. The van der Waals surface area contributed by atoms with E-state index in [-0.39, 0.29) is 18.7 Å². The number of hydrogen-bond donors (Lipinski definition) is 1. The van der Waals surface area contributed by atoms with Crippen LogP contribution in [0.25, 0.3) is 0 Å². The van der Waals surface area contributed by atoms with Crippen molar-refractivity contribution in [3.63, 3.8) is 0 Å². The van der Waals surface area contributed by atoms with Gasteiger partial charge in [-0.2, -0.15) is 14.0 Å². The fraction of sp³-hybridized carbons (Fsp3) is 0.412. The van der Waals surface area contributed by atoms with Crippen LogP contribution in [-0.4, -0.2) is 54.4 Å². The summed E-state index contributed by atoms with van der Waals surface area (Å²) in [6.45, 7) is -1.80. The number of ether oxygens (including phenoxy) is 1. The molecule has 0 spiro atoms. The number of alkyl halides is 2. The Morgan fingerprint density at radius 2 is 2.00 bits per heavy atom. The maximum absolute atomic E-state index is 12.7. The molecule has 1 heterocycles. The number of amides is 4. The van der Waals surface area contributed by atoms with Crippen LogP contribution in [0.3, 0.4) is 0 Å². The minimum atomic E-state index is -2.97. The zero-order chi connectivity index (χ0) is 20.2. The smallest absolute Gasteiger partial charge is 0.387 e. The molecule has 144 valence electrons. The topological polar surface area (TPSA) is 103 Å². The Morgan fingerprint density at radius 3 is 2.56 bits per heavy atom. The summed E-state index contributed by atoms with van der Waals surface area (Å²) in [4.78, 5) is 39.1. The lowest BCUT2D eigenvalue weighted by atomic mass is 9.92. The van der Waals surface area contributed by atoms with Gasteiger partial charge in [0.2, 0.25) is 5.91 Å². The van der Waals surface area contributed by atoms with Gasteiger partial charge in [-0.3, -0.25) is 14.5 Å². The molecule has 1 atom stereocenters. The largest absolute Gasteiger partial charge is 0.435 e. The van der Waals surface area contributed by atoms with Crippen LogP contribution in [0.5, 0.6) is 5.75 Å². The first kappa shape index (κ1) is 20.1. The molecule has 0 aromatic heterocycles. The van der Waals surface area contributed by atoms with Crippen molar-refractivity contribution >= 4 is 17.8 Å². The summed E-state index contributed by atoms with van der Waals surface area (Å²) in [5.41, 5.74) is -1.08. The number of likely N-dealkylation sites (N-methyl/N-ethyl adjacent to an activating group) is 1. The lowest BCUT2D eigenvalue weighted by Crippen LogP contribution is -2.43. The van der Waals surface area contributed by atoms with Gasteiger partial charge < -0.3 is 15.0 Å². The standard InChI is InChI=1S/C17H18F2N4O4/c1-17(11-4-6-12(7-5-11)27-15(18)19)14(25)23(16(26)21-17)10-13(24)22(2)9-3-8-20/h4-7,15H,3,9-10H2,1-2H3,(H,21,26)/t17-/m0/s1. The van der Waals surface area contributed by atoms with E-state index in [9.17, 15) is 23.2 Å². The Balaban J connectivity index is 2.14. The van der Waals surface area contributed by atoms with E-state index in [2.05, 4.69) is 10.1 Å². The van der Waals surface area contributed by atoms with E-state index >= 15 is 0 Å². The third-order valence-corrected chi connectivity index (χ3v) is 4.21. The summed E-state index contributed by atoms with van der Waals surface area (Å²) in [5, 5.41) is 11.1. The van der Waals surface area contributed by atoms with Gasteiger partial charge in [0.05, 0.1) is 12.5 Å². The van der Waals surface area contributed by atoms with Gasteiger partial charge >= 0.3 is 12.6 Å². The Morgan fingerprint density at radius 1 is 1.37 bits per heavy atom. The van der Waals surface area contributed by atoms with Gasteiger partial charge in [-0.1, -0.05) is 12.1 Å². The molecular weight excluding hydrogens is 362 g/mol. The average molecular weight is 380 g/mol. The number of nitrogens with zero attached hydrogens (tertiary/aromatic N) is 3. The highest BCUT2D eigenvalue weighted by Gasteiger charge is 2.49. The van der Waals surface area contributed by atoms with Crippen LogP contribution in [0, 0.1) is 11.3 Å². The van der Waals surface area contributed by atoms with Crippen molar-refractivity contribution in [3.05, 3.63) is 29.8 Å². The number of benzene rings is 1. The monoisotopic (exact) mass is 380 g/mol. The molecule has 0 radical (unpaired) electrons. The Kier molecular flexibility index (Phi) is 5.95. The Labute approximate surface area is 154 Å². The zero-order valence-electron chi connectivity index (χ0n) is 14.7. The van der Waals surface area contributed by atoms with Gasteiger partial charge in [-0.25, -0.2) is 4.79 Å². The number of nitriles is 1. The summed E-state index contributed by atoms with van der Waals surface area (Å²) in [7, 11) is 1.47. The highest BCUT2D eigenvalue weighted by atomic mass is 19.3. The second-order valence-corrected chi connectivity index (χ2v) is 6.07. The van der Waals surface area contributed by atoms with Gasteiger partial charge in [0.25, 0.3) is 5.91 Å². The molecule has 1 N–H and O–H groups in total. The van der Waals surface area contributed by atoms with Crippen LogP contribution in [0.2, 0.25) is 0 Å². The minimum Gasteiger partial charge on any atom is -0.435 e. The summed E-state index contributed by atoms with van der Waals surface area (Å²) in [6.07, 6.45) is 0.132. The van der Waals surface area contributed by atoms with Crippen molar-refractivity contribution in [3.8, 4) is 11.8 Å². The van der Waals surface area contributed by atoms with Crippen molar-refractivity contribution < 1.29 is 27.9 Å². The first-order valence-electron chi connectivity index (χ1n) is 7.99. The molecule has 0 aliphatic carbocycles. The predicted molar refractivity (Wildman–Crippen MR) is 88.5 cm³/mol. The van der Waals surface area contributed by atoms with Gasteiger partial charge in [0.1, 0.15) is 17.8 Å². The molecule has 0 unspecified atom stereocenters. The van der Waals surface area contributed by atoms with Crippen molar-refractivity contribution in [1.29, 1.82) is 5.26 Å². The number of urea groups is 1. The van der Waals surface area contributed by atoms with Crippen LogP contribution < -0.4 is 10.1 Å². The molecule has 2 rings (SSSR count). The van der Waals surface area contributed by atoms with E-state index in [4.69, 9.17) is 5.26 Å². The lowest BCUT2D eigenvalue weighted by Gasteiger charge is -2.23. The second-order valence-electron chi connectivity index (χ2n) is 6.07. The SMILES string of the molecule is CN(CCC#N)C(=O)CN1C(=O)N[C@@](C)(c2ccc(OC(F)F)cc2)C1=O. The van der Waals surface area contributed by atoms with Crippen molar-refractivity contribution in [1.82, 2.24) is 15.1 Å². The first-order valence-corrected chi connectivity index (χ1v) is 7.99. The van der Waals surface area contributed by atoms with Gasteiger partial charge in [-0.15, -0.1) is 0 Å². The highest BCUT2D eigenvalue weighted by Crippen LogP contribution is 2.30. The molecule has 27 heavy (non-hydrogen) atoms. The summed E-state index contributed by atoms with van der Waals surface area (Å²) < 4.78 is 28.7. The van der Waals surface area contributed by atoms with E-state index in [1.807, 2.05) is 6.07 Å². The normalized spacial score (nSPS) is 19.0. The minimum absolute atomic E-state index is 0.0831. The molecule has 1 saturated heterocycles. The third kappa shape index (κ3) is 4.31. The van der Waals surface area contributed by atoms with Gasteiger partial charge in [0, 0.05) is 13.6 Å². The van der Waals surface area contributed by atoms with Crippen LogP contribution >= 0.6 is 0 Å². The molecule has 1 aromatic carbocycles. The maximum Gasteiger partial charge on any atom is 0.387 e. The van der Waals surface area contributed by atoms with E-state index in [1.165, 1.54) is 43.1 Å². The fourth-order valence-corrected chi connectivity index (χ4v) is 2.60. The van der Waals surface area contributed by atoms with Gasteiger partial charge in [0.15, 0.2) is 0 Å². The molecule has 0 bridgehead atoms. The van der Waals surface area contributed by atoms with Crippen molar-refractivity contribution in [2.24, 2.45) is 0 Å². The number of halogens is 2. The van der Waals surface area contributed by atoms with Crippen molar-refractivity contribution in [2.75, 3.05) is 20.1 Å². The molecule has 1 fully saturated rings. The number of hydrogen-bond acceptors (Lipinski definition) is 5. The maximum atomic E-state index is 12.7. The molecule has 1 aromatic rings. The number of carbonyl (C=O) groups is 3. The highest BCUT2D eigenvalue weighted by molar-refractivity contribution is 6.09. The fourth-order valence-electron chi connectivity index (χ4n) is 2.60. The van der Waals surface area contributed by atoms with E-state index < -0.39 is 36.5 Å². The van der Waals surface area contributed by atoms with Gasteiger partial charge in [-0.05, 0) is 24.6 Å². The summed E-state index contributed by atoms with van der Waals surface area (Å²) in [6, 6.07) is 6.46. The van der Waals surface area contributed by atoms with E-state index in [0.29, 0.717) is 5.56 Å². The predicted octanol–water partition coefficient (Wildman–Crippen LogP) is 1.43. The second kappa shape index (κ2) is 7.99. The van der Waals surface area contributed by atoms with Crippen molar-refractivity contribution in [2.45, 2.75) is 25.5 Å². The molecule has 8 nitrogen and oxygen atoms in total. The van der Waals surface area contributed by atoms with Crippen LogP contribution in [0.1, 0.15) is 18.9 Å². The zero-order valence-corrected chi connectivity index (χ0v) is 14.7. The molecule has 1 aliphatic rings. The molecule has 4 amide bonds. The summed E-state index contributed by atoms with van der Waals surface area (Å²) >= 11 is 0. The van der Waals surface area contributed by atoms with Crippen LogP contribution in [0.15, 0.2) is 24.3 Å². The molecule has 1 aliphatic heterocycles. The average Bonchev–Trinajstić information content (AvgIpc) is 2.83. The Bertz CT molecular complexity index is 778. The quantitative estimate of drug-likeness (QED) is 0.721. The number of carbonyl (C=O) groups excluding carboxylic acids is 3. The van der Waals surface area contributed by atoms with E-state index in [0.717, 1.165) is 4.90 Å². The van der Waals surface area contributed by atoms with E-state index in [1.54, 1.807) is 0 Å². The molecule has 10 heteroatoms. The number of rotatable bonds is 7. The van der Waals surface area contributed by atoms with Crippen LogP contribution in [0.4, 0.5) is 13.6 Å². The Hall–Kier alpha value is -3.22. The lowest BCUT2D eigenvalue weighted by molar-refractivity contribution is -0.138. The number of imide groups is 1. The summed E-state index contributed by atoms with van der Waals surface area (Å²) in [5.74, 6) is -1.21. The van der Waals surface area contributed by atoms with Crippen LogP contribution in [-0.2, 0) is 15.1 Å². The number of nitrogens with one attached hydrogen (secondary N) is 1. The first-order chi connectivity index (χ1) is 12.7.